The zero-order chi connectivity index (χ0) is 16.5. The Morgan fingerprint density at radius 1 is 1.17 bits per heavy atom. The van der Waals surface area contributed by atoms with E-state index in [1.54, 1.807) is 13.2 Å². The molecule has 0 unspecified atom stereocenters. The van der Waals surface area contributed by atoms with E-state index in [0.717, 1.165) is 12.0 Å². The Balaban J connectivity index is 2.29. The van der Waals surface area contributed by atoms with Gasteiger partial charge in [0.15, 0.2) is 5.82 Å². The summed E-state index contributed by atoms with van der Waals surface area (Å²) in [6.07, 6.45) is 0.876. The van der Waals surface area contributed by atoms with Crippen LogP contribution in [0.3, 0.4) is 0 Å². The molecule has 1 heterocycles. The third-order valence-corrected chi connectivity index (χ3v) is 3.14. The van der Waals surface area contributed by atoms with Crippen LogP contribution in [0.4, 0.5) is 5.82 Å². The molecule has 2 aromatic rings. The van der Waals surface area contributed by atoms with Crippen LogP contribution < -0.4 is 10.6 Å². The van der Waals surface area contributed by atoms with Crippen molar-refractivity contribution in [2.75, 3.05) is 32.1 Å². The van der Waals surface area contributed by atoms with Gasteiger partial charge in [0.05, 0.1) is 6.61 Å². The highest BCUT2D eigenvalue weighted by Gasteiger charge is 2.12. The smallest absolute Gasteiger partial charge is 0.270 e. The average molecular weight is 314 g/mol. The van der Waals surface area contributed by atoms with Crippen molar-refractivity contribution in [3.63, 3.8) is 0 Å². The van der Waals surface area contributed by atoms with E-state index in [4.69, 9.17) is 4.74 Å². The Labute approximate surface area is 136 Å². The summed E-state index contributed by atoms with van der Waals surface area (Å²) in [5.41, 5.74) is 1.22. The number of nitrogens with one attached hydrogen (secondary N) is 2. The maximum atomic E-state index is 12.2. The van der Waals surface area contributed by atoms with E-state index in [0.29, 0.717) is 37.0 Å². The van der Waals surface area contributed by atoms with Crippen LogP contribution in [0, 0.1) is 0 Å². The second kappa shape index (κ2) is 8.85. The highest BCUT2D eigenvalue weighted by molar-refractivity contribution is 5.93. The summed E-state index contributed by atoms with van der Waals surface area (Å²) in [7, 11) is 1.64. The molecule has 6 nitrogen and oxygen atoms in total. The van der Waals surface area contributed by atoms with E-state index >= 15 is 0 Å². The number of hydrogen-bond acceptors (Lipinski definition) is 5. The molecule has 0 bridgehead atoms. The number of nitrogens with zero attached hydrogens (tertiary/aromatic N) is 2. The Morgan fingerprint density at radius 2 is 1.96 bits per heavy atom. The third kappa shape index (κ3) is 5.03. The highest BCUT2D eigenvalue weighted by atomic mass is 16.5. The summed E-state index contributed by atoms with van der Waals surface area (Å²) in [6.45, 7) is 3.79. The van der Waals surface area contributed by atoms with Crippen LogP contribution in [0.25, 0.3) is 11.4 Å². The van der Waals surface area contributed by atoms with Crippen LogP contribution in [-0.2, 0) is 4.74 Å². The third-order valence-electron chi connectivity index (χ3n) is 3.14. The van der Waals surface area contributed by atoms with Gasteiger partial charge in [-0.1, -0.05) is 37.3 Å². The molecule has 2 N–H and O–H groups in total. The topological polar surface area (TPSA) is 76.1 Å². The predicted octanol–water partition coefficient (Wildman–Crippen LogP) is 2.34. The van der Waals surface area contributed by atoms with Gasteiger partial charge in [0, 0.05) is 31.8 Å². The highest BCUT2D eigenvalue weighted by Crippen LogP contribution is 2.17. The molecular weight excluding hydrogens is 292 g/mol. The summed E-state index contributed by atoms with van der Waals surface area (Å²) in [5, 5.41) is 5.99. The SMILES string of the molecule is CCCNC(=O)c1cc(NCCOC)nc(-c2ccccc2)n1. The lowest BCUT2D eigenvalue weighted by Gasteiger charge is -2.10. The molecule has 2 rings (SSSR count). The average Bonchev–Trinajstić information content (AvgIpc) is 2.60. The van der Waals surface area contributed by atoms with Crippen LogP contribution in [0.2, 0.25) is 0 Å². The fourth-order valence-electron chi connectivity index (χ4n) is 1.98. The molecule has 1 amide bonds. The number of aromatic nitrogens is 2. The molecule has 0 spiro atoms. The van der Waals surface area contributed by atoms with E-state index < -0.39 is 0 Å². The van der Waals surface area contributed by atoms with Gasteiger partial charge in [-0.25, -0.2) is 9.97 Å². The van der Waals surface area contributed by atoms with Crippen LogP contribution >= 0.6 is 0 Å². The molecule has 122 valence electrons. The number of carbonyl (C=O) groups is 1. The van der Waals surface area contributed by atoms with Gasteiger partial charge in [-0.15, -0.1) is 0 Å². The molecule has 0 aliphatic carbocycles. The minimum absolute atomic E-state index is 0.193. The van der Waals surface area contributed by atoms with Crippen molar-refractivity contribution < 1.29 is 9.53 Å². The van der Waals surface area contributed by atoms with E-state index in [9.17, 15) is 4.79 Å². The largest absolute Gasteiger partial charge is 0.383 e. The molecule has 0 radical (unpaired) electrons. The van der Waals surface area contributed by atoms with Gasteiger partial charge in [-0.3, -0.25) is 4.79 Å². The molecule has 0 saturated heterocycles. The van der Waals surface area contributed by atoms with Crippen molar-refractivity contribution in [2.45, 2.75) is 13.3 Å². The van der Waals surface area contributed by atoms with Crippen LogP contribution in [-0.4, -0.2) is 42.7 Å². The van der Waals surface area contributed by atoms with Crippen LogP contribution in [0.1, 0.15) is 23.8 Å². The second-order valence-electron chi connectivity index (χ2n) is 5.00. The molecular formula is C17H22N4O2. The van der Waals surface area contributed by atoms with E-state index in [1.807, 2.05) is 37.3 Å². The van der Waals surface area contributed by atoms with Gasteiger partial charge < -0.3 is 15.4 Å². The van der Waals surface area contributed by atoms with Crippen molar-refractivity contribution in [1.29, 1.82) is 0 Å². The van der Waals surface area contributed by atoms with Gasteiger partial charge in [0.2, 0.25) is 0 Å². The Morgan fingerprint density at radius 3 is 2.65 bits per heavy atom. The van der Waals surface area contributed by atoms with Crippen molar-refractivity contribution in [3.05, 3.63) is 42.1 Å². The number of methoxy groups -OCH3 is 1. The van der Waals surface area contributed by atoms with Crippen molar-refractivity contribution in [3.8, 4) is 11.4 Å². The number of amides is 1. The Bertz CT molecular complexity index is 632. The lowest BCUT2D eigenvalue weighted by Crippen LogP contribution is -2.25. The predicted molar refractivity (Wildman–Crippen MR) is 90.5 cm³/mol. The fourth-order valence-corrected chi connectivity index (χ4v) is 1.98. The van der Waals surface area contributed by atoms with Crippen LogP contribution in [0.15, 0.2) is 36.4 Å². The zero-order valence-electron chi connectivity index (χ0n) is 13.5. The number of ether oxygens (including phenoxy) is 1. The normalized spacial score (nSPS) is 10.3. The number of carbonyl (C=O) groups excluding carboxylic acids is 1. The van der Waals surface area contributed by atoms with E-state index in [2.05, 4.69) is 20.6 Å². The quantitative estimate of drug-likeness (QED) is 0.731. The minimum atomic E-state index is -0.193. The first kappa shape index (κ1) is 16.9. The molecule has 0 aliphatic rings. The molecule has 0 saturated carbocycles. The van der Waals surface area contributed by atoms with Crippen molar-refractivity contribution >= 4 is 11.7 Å². The minimum Gasteiger partial charge on any atom is -0.383 e. The van der Waals surface area contributed by atoms with E-state index in [-0.39, 0.29) is 5.91 Å². The van der Waals surface area contributed by atoms with Gasteiger partial charge in [-0.05, 0) is 6.42 Å². The van der Waals surface area contributed by atoms with Crippen molar-refractivity contribution in [1.82, 2.24) is 15.3 Å². The molecule has 1 aromatic carbocycles. The second-order valence-corrected chi connectivity index (χ2v) is 5.00. The van der Waals surface area contributed by atoms with Crippen molar-refractivity contribution in [2.24, 2.45) is 0 Å². The molecule has 0 aliphatic heterocycles. The molecule has 23 heavy (non-hydrogen) atoms. The number of rotatable bonds is 8. The molecule has 0 fully saturated rings. The van der Waals surface area contributed by atoms with Gasteiger partial charge in [0.1, 0.15) is 11.5 Å². The van der Waals surface area contributed by atoms with Gasteiger partial charge in [-0.2, -0.15) is 0 Å². The molecule has 1 aromatic heterocycles. The van der Waals surface area contributed by atoms with E-state index in [1.165, 1.54) is 0 Å². The molecule has 0 atom stereocenters. The summed E-state index contributed by atoms with van der Waals surface area (Å²) >= 11 is 0. The maximum Gasteiger partial charge on any atom is 0.270 e. The van der Waals surface area contributed by atoms with Gasteiger partial charge in [0.25, 0.3) is 5.91 Å². The summed E-state index contributed by atoms with van der Waals surface area (Å²) in [4.78, 5) is 21.1. The summed E-state index contributed by atoms with van der Waals surface area (Å²) in [6, 6.07) is 11.3. The Kier molecular flexibility index (Phi) is 6.50. The maximum absolute atomic E-state index is 12.2. The summed E-state index contributed by atoms with van der Waals surface area (Å²) < 4.78 is 5.02. The monoisotopic (exact) mass is 314 g/mol. The number of anilines is 1. The number of benzene rings is 1. The standard InChI is InChI=1S/C17H22N4O2/c1-3-9-19-17(22)14-12-15(18-10-11-23-2)21-16(20-14)13-7-5-4-6-8-13/h4-8,12H,3,9-11H2,1-2H3,(H,19,22)(H,18,20,21). The summed E-state index contributed by atoms with van der Waals surface area (Å²) in [5.74, 6) is 0.938. The first-order valence-electron chi connectivity index (χ1n) is 7.70. The lowest BCUT2D eigenvalue weighted by atomic mass is 10.2. The van der Waals surface area contributed by atoms with Gasteiger partial charge >= 0.3 is 0 Å². The molecule has 6 heteroatoms. The Hall–Kier alpha value is -2.47. The lowest BCUT2D eigenvalue weighted by molar-refractivity contribution is 0.0948. The fraction of sp³-hybridized carbons (Fsp3) is 0.353. The first-order chi connectivity index (χ1) is 11.2. The van der Waals surface area contributed by atoms with Crippen LogP contribution in [0.5, 0.6) is 0 Å². The number of hydrogen-bond donors (Lipinski definition) is 2. The zero-order valence-corrected chi connectivity index (χ0v) is 13.5. The first-order valence-corrected chi connectivity index (χ1v) is 7.70.